The maximum Gasteiger partial charge on any atom is 0.286 e. The minimum absolute atomic E-state index is 0. The first-order valence-corrected chi connectivity index (χ1v) is 6.50. The van der Waals surface area contributed by atoms with Gasteiger partial charge >= 0.3 is 0 Å². The number of rotatable bonds is 4. The SMILES string of the molecule is C[C@H]1CNCCN1C(=O)CCNC(=O)c1ccco1.Cl. The molecule has 1 saturated heterocycles. The molecular weight excluding hydrogens is 282 g/mol. The van der Waals surface area contributed by atoms with Crippen LogP contribution in [0.3, 0.4) is 0 Å². The molecule has 1 aromatic heterocycles. The largest absolute Gasteiger partial charge is 0.459 e. The Balaban J connectivity index is 0.00000200. The highest BCUT2D eigenvalue weighted by Crippen LogP contribution is 2.05. The number of amides is 2. The molecule has 2 amide bonds. The lowest BCUT2D eigenvalue weighted by Crippen LogP contribution is -2.52. The second-order valence-corrected chi connectivity index (χ2v) is 4.62. The molecular formula is C13H20ClN3O3. The van der Waals surface area contributed by atoms with E-state index in [1.807, 2.05) is 11.8 Å². The van der Waals surface area contributed by atoms with E-state index in [1.165, 1.54) is 6.26 Å². The van der Waals surface area contributed by atoms with Crippen LogP contribution in [-0.4, -0.2) is 48.9 Å². The molecule has 1 aliphatic rings. The third-order valence-corrected chi connectivity index (χ3v) is 3.19. The maximum absolute atomic E-state index is 12.0. The van der Waals surface area contributed by atoms with Gasteiger partial charge in [-0.15, -0.1) is 12.4 Å². The van der Waals surface area contributed by atoms with Crippen molar-refractivity contribution in [3.63, 3.8) is 0 Å². The molecule has 0 aliphatic carbocycles. The van der Waals surface area contributed by atoms with Crippen LogP contribution in [0.15, 0.2) is 22.8 Å². The molecule has 2 heterocycles. The summed E-state index contributed by atoms with van der Waals surface area (Å²) >= 11 is 0. The summed E-state index contributed by atoms with van der Waals surface area (Å²) in [6.07, 6.45) is 1.76. The first-order chi connectivity index (χ1) is 9.18. The fraction of sp³-hybridized carbons (Fsp3) is 0.538. The van der Waals surface area contributed by atoms with E-state index in [1.54, 1.807) is 12.1 Å². The molecule has 1 fully saturated rings. The summed E-state index contributed by atoms with van der Waals surface area (Å²) in [6, 6.07) is 3.46. The first kappa shape index (κ1) is 16.5. The normalized spacial score (nSPS) is 18.2. The highest BCUT2D eigenvalue weighted by molar-refractivity contribution is 5.91. The molecule has 0 bridgehead atoms. The molecule has 1 aromatic rings. The van der Waals surface area contributed by atoms with Gasteiger partial charge in [0.15, 0.2) is 5.76 Å². The third kappa shape index (κ3) is 4.25. The van der Waals surface area contributed by atoms with Crippen molar-refractivity contribution in [1.82, 2.24) is 15.5 Å². The number of hydrogen-bond donors (Lipinski definition) is 2. The minimum atomic E-state index is -0.286. The molecule has 112 valence electrons. The molecule has 0 radical (unpaired) electrons. The van der Waals surface area contributed by atoms with Gasteiger partial charge in [-0.1, -0.05) is 0 Å². The van der Waals surface area contributed by atoms with Crippen LogP contribution < -0.4 is 10.6 Å². The standard InChI is InChI=1S/C13H19N3O3.ClH/c1-10-9-14-6-7-16(10)12(17)4-5-15-13(18)11-3-2-8-19-11;/h2-3,8,10,14H,4-7,9H2,1H3,(H,15,18);1H/t10-;/m0./s1. The lowest BCUT2D eigenvalue weighted by Gasteiger charge is -2.34. The van der Waals surface area contributed by atoms with Gasteiger partial charge in [0, 0.05) is 38.6 Å². The summed E-state index contributed by atoms with van der Waals surface area (Å²) in [5.41, 5.74) is 0. The van der Waals surface area contributed by atoms with E-state index in [4.69, 9.17) is 4.42 Å². The fourth-order valence-electron chi connectivity index (χ4n) is 2.13. The average Bonchev–Trinajstić information content (AvgIpc) is 2.93. The van der Waals surface area contributed by atoms with Crippen molar-refractivity contribution in [3.8, 4) is 0 Å². The van der Waals surface area contributed by atoms with E-state index in [-0.39, 0.29) is 36.0 Å². The van der Waals surface area contributed by atoms with E-state index in [9.17, 15) is 9.59 Å². The number of nitrogens with zero attached hydrogens (tertiary/aromatic N) is 1. The van der Waals surface area contributed by atoms with Crippen LogP contribution in [0.4, 0.5) is 0 Å². The van der Waals surface area contributed by atoms with Gasteiger partial charge in [-0.2, -0.15) is 0 Å². The van der Waals surface area contributed by atoms with E-state index in [0.717, 1.165) is 19.6 Å². The van der Waals surface area contributed by atoms with Crippen molar-refractivity contribution in [2.24, 2.45) is 0 Å². The van der Waals surface area contributed by atoms with Gasteiger partial charge in [0.05, 0.1) is 6.26 Å². The summed E-state index contributed by atoms with van der Waals surface area (Å²) in [7, 11) is 0. The first-order valence-electron chi connectivity index (χ1n) is 6.50. The monoisotopic (exact) mass is 301 g/mol. The van der Waals surface area contributed by atoms with Crippen LogP contribution in [0.5, 0.6) is 0 Å². The predicted molar refractivity (Wildman–Crippen MR) is 77.0 cm³/mol. The summed E-state index contributed by atoms with van der Waals surface area (Å²) in [5, 5.41) is 5.91. The molecule has 1 atom stereocenters. The number of piperazine rings is 1. The topological polar surface area (TPSA) is 74.6 Å². The average molecular weight is 302 g/mol. The van der Waals surface area contributed by atoms with Crippen LogP contribution in [-0.2, 0) is 4.79 Å². The lowest BCUT2D eigenvalue weighted by molar-refractivity contribution is -0.133. The summed E-state index contributed by atoms with van der Waals surface area (Å²) < 4.78 is 4.97. The van der Waals surface area contributed by atoms with Crippen LogP contribution in [0.2, 0.25) is 0 Å². The molecule has 0 spiro atoms. The third-order valence-electron chi connectivity index (χ3n) is 3.19. The number of carbonyl (C=O) groups excluding carboxylic acids is 2. The van der Waals surface area contributed by atoms with Crippen LogP contribution >= 0.6 is 12.4 Å². The molecule has 1 aliphatic heterocycles. The molecule has 6 nitrogen and oxygen atoms in total. The Labute approximate surface area is 124 Å². The van der Waals surface area contributed by atoms with Crippen LogP contribution in [0, 0.1) is 0 Å². The number of nitrogens with one attached hydrogen (secondary N) is 2. The number of carbonyl (C=O) groups is 2. The summed E-state index contributed by atoms with van der Waals surface area (Å²) in [4.78, 5) is 25.4. The Kier molecular flexibility index (Phi) is 6.54. The minimum Gasteiger partial charge on any atom is -0.459 e. The molecule has 20 heavy (non-hydrogen) atoms. The molecule has 7 heteroatoms. The van der Waals surface area contributed by atoms with Gasteiger partial charge in [0.25, 0.3) is 5.91 Å². The molecule has 0 unspecified atom stereocenters. The number of hydrogen-bond acceptors (Lipinski definition) is 4. The van der Waals surface area contributed by atoms with Crippen molar-refractivity contribution in [1.29, 1.82) is 0 Å². The predicted octanol–water partition coefficient (Wildman–Crippen LogP) is 0.642. The maximum atomic E-state index is 12.0. The van der Waals surface area contributed by atoms with Crippen molar-refractivity contribution in [2.75, 3.05) is 26.2 Å². The van der Waals surface area contributed by atoms with Gasteiger partial charge in [0.2, 0.25) is 5.91 Å². The van der Waals surface area contributed by atoms with Crippen LogP contribution in [0.25, 0.3) is 0 Å². The zero-order chi connectivity index (χ0) is 13.7. The summed E-state index contributed by atoms with van der Waals surface area (Å²) in [6.45, 7) is 4.73. The van der Waals surface area contributed by atoms with Gasteiger partial charge in [0.1, 0.15) is 0 Å². The van der Waals surface area contributed by atoms with Crippen LogP contribution in [0.1, 0.15) is 23.9 Å². The zero-order valence-corrected chi connectivity index (χ0v) is 12.2. The van der Waals surface area contributed by atoms with E-state index < -0.39 is 0 Å². The highest BCUT2D eigenvalue weighted by Gasteiger charge is 2.22. The Morgan fingerprint density at radius 2 is 2.35 bits per heavy atom. The highest BCUT2D eigenvalue weighted by atomic mass is 35.5. The zero-order valence-electron chi connectivity index (χ0n) is 11.4. The van der Waals surface area contributed by atoms with Crippen molar-refractivity contribution in [3.05, 3.63) is 24.2 Å². The second kappa shape index (κ2) is 7.91. The quantitative estimate of drug-likeness (QED) is 0.856. The molecule has 0 saturated carbocycles. The van der Waals surface area contributed by atoms with Gasteiger partial charge < -0.3 is 20.0 Å². The van der Waals surface area contributed by atoms with Crippen molar-refractivity contribution < 1.29 is 14.0 Å². The van der Waals surface area contributed by atoms with E-state index >= 15 is 0 Å². The second-order valence-electron chi connectivity index (χ2n) is 4.62. The van der Waals surface area contributed by atoms with Gasteiger partial charge in [-0.25, -0.2) is 0 Å². The Morgan fingerprint density at radius 3 is 3.00 bits per heavy atom. The van der Waals surface area contributed by atoms with E-state index in [0.29, 0.717) is 13.0 Å². The number of furan rings is 1. The Bertz CT molecular complexity index is 436. The molecule has 0 aromatic carbocycles. The van der Waals surface area contributed by atoms with Crippen molar-refractivity contribution in [2.45, 2.75) is 19.4 Å². The smallest absolute Gasteiger partial charge is 0.286 e. The Hall–Kier alpha value is -1.53. The van der Waals surface area contributed by atoms with Gasteiger partial charge in [-0.3, -0.25) is 9.59 Å². The van der Waals surface area contributed by atoms with Crippen molar-refractivity contribution >= 4 is 24.2 Å². The lowest BCUT2D eigenvalue weighted by atomic mass is 10.2. The molecule has 2 N–H and O–H groups in total. The Morgan fingerprint density at radius 1 is 1.55 bits per heavy atom. The summed E-state index contributed by atoms with van der Waals surface area (Å²) in [5.74, 6) is 0.0582. The molecule has 2 rings (SSSR count). The van der Waals surface area contributed by atoms with Gasteiger partial charge in [-0.05, 0) is 19.1 Å². The van der Waals surface area contributed by atoms with E-state index in [2.05, 4.69) is 10.6 Å². The fourth-order valence-corrected chi connectivity index (χ4v) is 2.13. The number of halogens is 1.